The summed E-state index contributed by atoms with van der Waals surface area (Å²) in [6, 6.07) is 31.6. The fourth-order valence-electron chi connectivity index (χ4n) is 7.81. The third kappa shape index (κ3) is 10.4. The lowest BCUT2D eigenvalue weighted by Gasteiger charge is -2.41. The number of hydrogen-bond acceptors (Lipinski definition) is 9. The number of aliphatic hydroxyl groups excluding tert-OH is 1. The molecule has 4 aromatic carbocycles. The summed E-state index contributed by atoms with van der Waals surface area (Å²) in [4.78, 5) is 27.5. The Morgan fingerprint density at radius 2 is 1.46 bits per heavy atom. The predicted molar refractivity (Wildman–Crippen MR) is 215 cm³/mol. The molecule has 296 valence electrons. The second-order valence-corrected chi connectivity index (χ2v) is 15.0. The number of nitrogens with two attached hydrogens (primary N) is 1. The highest BCUT2D eigenvalue weighted by Crippen LogP contribution is 2.40. The molecule has 2 amide bonds. The third-order valence-corrected chi connectivity index (χ3v) is 11.0. The highest BCUT2D eigenvalue weighted by atomic mass is 16.7. The van der Waals surface area contributed by atoms with E-state index in [0.717, 1.165) is 78.7 Å². The van der Waals surface area contributed by atoms with Crippen LogP contribution in [0.2, 0.25) is 0 Å². The number of amides is 2. The molecule has 3 atom stereocenters. The van der Waals surface area contributed by atoms with Gasteiger partial charge in [-0.3, -0.25) is 9.59 Å². The first-order valence-corrected chi connectivity index (χ1v) is 20.0. The number of benzene rings is 4. The van der Waals surface area contributed by atoms with Gasteiger partial charge in [-0.25, -0.2) is 0 Å². The van der Waals surface area contributed by atoms with E-state index < -0.39 is 12.1 Å². The predicted octanol–water partition coefficient (Wildman–Crippen LogP) is 7.02. The Morgan fingerprint density at radius 1 is 0.786 bits per heavy atom. The Morgan fingerprint density at radius 3 is 2.20 bits per heavy atom. The van der Waals surface area contributed by atoms with Crippen molar-refractivity contribution in [3.05, 3.63) is 119 Å². The first-order chi connectivity index (χ1) is 27.4. The number of para-hydroxylation sites is 2. The molecule has 1 spiro atoms. The van der Waals surface area contributed by atoms with Gasteiger partial charge in [0.2, 0.25) is 11.8 Å². The van der Waals surface area contributed by atoms with E-state index in [1.807, 2.05) is 54.6 Å². The van der Waals surface area contributed by atoms with Crippen LogP contribution in [0.5, 0.6) is 0 Å². The minimum absolute atomic E-state index is 0.00144. The Labute approximate surface area is 329 Å². The summed E-state index contributed by atoms with van der Waals surface area (Å²) < 4.78 is 25.2. The molecule has 56 heavy (non-hydrogen) atoms. The summed E-state index contributed by atoms with van der Waals surface area (Å²) in [5, 5.41) is 15.5. The van der Waals surface area contributed by atoms with E-state index >= 15 is 0 Å². The van der Waals surface area contributed by atoms with Crippen molar-refractivity contribution in [3.63, 3.8) is 0 Å². The number of unbranched alkanes of at least 4 members (excludes halogenated alkanes) is 2. The number of carbonyl (C=O) groups is 2. The van der Waals surface area contributed by atoms with Gasteiger partial charge in [0.25, 0.3) is 0 Å². The number of hydrogen-bond donors (Lipinski definition) is 4. The molecule has 5 N–H and O–H groups in total. The number of nitrogens with zero attached hydrogens (tertiary/aromatic N) is 1. The molecule has 4 aromatic rings. The van der Waals surface area contributed by atoms with E-state index in [0.29, 0.717) is 56.8 Å². The van der Waals surface area contributed by atoms with Crippen molar-refractivity contribution >= 4 is 23.2 Å². The fourth-order valence-corrected chi connectivity index (χ4v) is 7.81. The summed E-state index contributed by atoms with van der Waals surface area (Å²) in [5.41, 5.74) is 13.1. The molecule has 3 aliphatic heterocycles. The molecule has 3 heterocycles. The number of aliphatic hydroxyl groups is 1. The minimum Gasteiger partial charge on any atom is -0.397 e. The van der Waals surface area contributed by atoms with Gasteiger partial charge in [-0.15, -0.1) is 0 Å². The number of nitrogens with one attached hydrogen (secondary N) is 2. The normalized spacial score (nSPS) is 20.8. The van der Waals surface area contributed by atoms with E-state index in [4.69, 9.17) is 24.7 Å². The second-order valence-electron chi connectivity index (χ2n) is 15.0. The molecule has 11 heteroatoms. The van der Waals surface area contributed by atoms with Crippen molar-refractivity contribution in [1.82, 2.24) is 10.2 Å². The highest BCUT2D eigenvalue weighted by molar-refractivity contribution is 5.93. The molecule has 0 radical (unpaired) electrons. The van der Waals surface area contributed by atoms with E-state index in [9.17, 15) is 14.7 Å². The van der Waals surface area contributed by atoms with E-state index in [-0.39, 0.29) is 30.6 Å². The fraction of sp³-hybridized carbons (Fsp3) is 0.422. The lowest BCUT2D eigenvalue weighted by molar-refractivity contribution is -0.255. The standard InChI is InChI=1S/C45H54N4O7/c46-39-10-6-7-11-40(39)48-43(52)13-3-1-2-12-42(51)47-29-36-8-4-5-9-38(36)33-18-20-35(21-19-33)44-55-37(28-41(56-44)34-16-14-32(31-50)15-17-34)30-49-24-22-45(23-25-49)53-26-27-54-45/h4-11,14-21,37,41,44,50H,1-3,12-13,22-31,46H2,(H,47,51)(H,48,52). The zero-order valence-electron chi connectivity index (χ0n) is 32.0. The van der Waals surface area contributed by atoms with Crippen LogP contribution in [0.25, 0.3) is 11.1 Å². The van der Waals surface area contributed by atoms with E-state index in [2.05, 4.69) is 45.9 Å². The maximum atomic E-state index is 12.8. The first-order valence-electron chi connectivity index (χ1n) is 20.0. The van der Waals surface area contributed by atoms with Crippen LogP contribution in [0.15, 0.2) is 97.1 Å². The monoisotopic (exact) mass is 762 g/mol. The molecule has 7 rings (SSSR count). The van der Waals surface area contributed by atoms with Crippen LogP contribution in [0, 0.1) is 0 Å². The number of ether oxygens (including phenoxy) is 4. The van der Waals surface area contributed by atoms with Crippen LogP contribution in [0.1, 0.15) is 86.0 Å². The smallest absolute Gasteiger partial charge is 0.224 e. The topological polar surface area (TPSA) is 145 Å². The summed E-state index contributed by atoms with van der Waals surface area (Å²) in [6.07, 6.45) is 4.66. The number of likely N-dealkylation sites (tertiary alicyclic amines) is 1. The molecular formula is C45H54N4O7. The molecule has 3 unspecified atom stereocenters. The van der Waals surface area contributed by atoms with E-state index in [1.54, 1.807) is 12.1 Å². The zero-order chi connectivity index (χ0) is 38.7. The molecule has 0 aliphatic carbocycles. The summed E-state index contributed by atoms with van der Waals surface area (Å²) in [5.74, 6) is -0.506. The molecule has 3 saturated heterocycles. The molecule has 3 aliphatic rings. The molecule has 0 saturated carbocycles. The van der Waals surface area contributed by atoms with Crippen LogP contribution in [0.4, 0.5) is 11.4 Å². The lowest BCUT2D eigenvalue weighted by Crippen LogP contribution is -2.48. The second kappa shape index (κ2) is 19.0. The van der Waals surface area contributed by atoms with Crippen LogP contribution >= 0.6 is 0 Å². The minimum atomic E-state index is -0.547. The zero-order valence-corrected chi connectivity index (χ0v) is 32.0. The van der Waals surface area contributed by atoms with Crippen molar-refractivity contribution in [1.29, 1.82) is 0 Å². The van der Waals surface area contributed by atoms with Gasteiger partial charge in [0, 0.05) is 63.8 Å². The molecular weight excluding hydrogens is 709 g/mol. The molecule has 11 nitrogen and oxygen atoms in total. The van der Waals surface area contributed by atoms with Gasteiger partial charge in [-0.2, -0.15) is 0 Å². The van der Waals surface area contributed by atoms with Crippen molar-refractivity contribution in [2.75, 3.05) is 43.9 Å². The van der Waals surface area contributed by atoms with Gasteiger partial charge < -0.3 is 45.3 Å². The first kappa shape index (κ1) is 39.6. The van der Waals surface area contributed by atoms with Crippen LogP contribution in [-0.2, 0) is 41.7 Å². The van der Waals surface area contributed by atoms with Gasteiger partial charge in [0.05, 0.1) is 43.4 Å². The molecule has 3 fully saturated rings. The van der Waals surface area contributed by atoms with Gasteiger partial charge in [0.1, 0.15) is 0 Å². The van der Waals surface area contributed by atoms with Gasteiger partial charge in [-0.05, 0) is 52.8 Å². The SMILES string of the molecule is Nc1ccccc1NC(=O)CCCCCC(=O)NCc1ccccc1-c1ccc(C2OC(CN3CCC4(CC3)OCCO4)CC(c3ccc(CO)cc3)O2)cc1. The van der Waals surface area contributed by atoms with Crippen molar-refractivity contribution in [2.45, 2.75) is 88.8 Å². The lowest BCUT2D eigenvalue weighted by atomic mass is 9.97. The summed E-state index contributed by atoms with van der Waals surface area (Å²) in [7, 11) is 0. The Bertz CT molecular complexity index is 1890. The van der Waals surface area contributed by atoms with E-state index in [1.165, 1.54) is 0 Å². The van der Waals surface area contributed by atoms with Crippen LogP contribution < -0.4 is 16.4 Å². The van der Waals surface area contributed by atoms with Gasteiger partial charge in [-0.1, -0.05) is 91.3 Å². The number of anilines is 2. The number of piperidine rings is 1. The largest absolute Gasteiger partial charge is 0.397 e. The highest BCUT2D eigenvalue weighted by Gasteiger charge is 2.41. The average molecular weight is 763 g/mol. The molecule has 0 bridgehead atoms. The maximum Gasteiger partial charge on any atom is 0.224 e. The summed E-state index contributed by atoms with van der Waals surface area (Å²) >= 11 is 0. The van der Waals surface area contributed by atoms with Gasteiger partial charge in [0.15, 0.2) is 12.1 Å². The van der Waals surface area contributed by atoms with Crippen LogP contribution in [0.3, 0.4) is 0 Å². The van der Waals surface area contributed by atoms with Crippen molar-refractivity contribution in [2.24, 2.45) is 0 Å². The quantitative estimate of drug-likeness (QED) is 0.0742. The molecule has 0 aromatic heterocycles. The number of carbonyl (C=O) groups excluding carboxylic acids is 2. The number of rotatable bonds is 15. The Hall–Kier alpha value is -4.62. The van der Waals surface area contributed by atoms with Crippen molar-refractivity contribution < 1.29 is 33.6 Å². The average Bonchev–Trinajstić information content (AvgIpc) is 3.69. The summed E-state index contributed by atoms with van der Waals surface area (Å²) in [6.45, 7) is 4.33. The Balaban J connectivity index is 0.928. The van der Waals surface area contributed by atoms with Crippen molar-refractivity contribution in [3.8, 4) is 11.1 Å². The maximum absolute atomic E-state index is 12.8. The van der Waals surface area contributed by atoms with Crippen LogP contribution in [-0.4, -0.2) is 66.6 Å². The third-order valence-electron chi connectivity index (χ3n) is 11.0. The Kier molecular flexibility index (Phi) is 13.4. The van der Waals surface area contributed by atoms with Gasteiger partial charge >= 0.3 is 0 Å². The number of nitrogen functional groups attached to an aromatic ring is 1.